The molecule has 3 heterocycles. The number of H-pyrrole nitrogens is 1. The summed E-state index contributed by atoms with van der Waals surface area (Å²) in [5.41, 5.74) is 2.93. The maximum absolute atomic E-state index is 4.58. The predicted octanol–water partition coefficient (Wildman–Crippen LogP) is 3.29. The first-order chi connectivity index (χ1) is 9.22. The Morgan fingerprint density at radius 1 is 1.21 bits per heavy atom. The van der Waals surface area contributed by atoms with Crippen molar-refractivity contribution in [2.45, 2.75) is 13.8 Å². The van der Waals surface area contributed by atoms with Crippen molar-refractivity contribution in [1.29, 1.82) is 0 Å². The molecule has 0 saturated carbocycles. The minimum atomic E-state index is 0.812. The monoisotopic (exact) mass is 271 g/mol. The number of aromatic nitrogens is 4. The highest BCUT2D eigenvalue weighted by Gasteiger charge is 2.11. The van der Waals surface area contributed by atoms with Crippen LogP contribution in [-0.2, 0) is 0 Å². The van der Waals surface area contributed by atoms with Gasteiger partial charge >= 0.3 is 0 Å². The van der Waals surface area contributed by atoms with Crippen LogP contribution in [0.1, 0.15) is 10.6 Å². The molecule has 0 spiro atoms. The fourth-order valence-corrected chi connectivity index (χ4v) is 2.66. The van der Waals surface area contributed by atoms with Crippen molar-refractivity contribution < 1.29 is 0 Å². The van der Waals surface area contributed by atoms with Gasteiger partial charge in [0.15, 0.2) is 5.13 Å². The van der Waals surface area contributed by atoms with E-state index in [-0.39, 0.29) is 0 Å². The van der Waals surface area contributed by atoms with Crippen LogP contribution in [0.5, 0.6) is 0 Å². The van der Waals surface area contributed by atoms with Gasteiger partial charge in [-0.2, -0.15) is 5.10 Å². The average Bonchev–Trinajstić information content (AvgIpc) is 2.98. The molecule has 6 heteroatoms. The first-order valence-electron chi connectivity index (χ1n) is 5.89. The first-order valence-corrected chi connectivity index (χ1v) is 6.71. The molecule has 0 fully saturated rings. The third-order valence-corrected chi connectivity index (χ3v) is 3.58. The molecule has 0 amide bonds. The minimum Gasteiger partial charge on any atom is -0.316 e. The number of pyridine rings is 1. The Morgan fingerprint density at radius 3 is 2.84 bits per heavy atom. The molecule has 0 aromatic carbocycles. The Bertz CT molecular complexity index is 687. The number of hydrogen-bond acceptors (Lipinski definition) is 5. The van der Waals surface area contributed by atoms with Gasteiger partial charge in [0.1, 0.15) is 5.82 Å². The number of hydrogen-bond donors (Lipinski definition) is 2. The summed E-state index contributed by atoms with van der Waals surface area (Å²) in [5.74, 6) is 0.812. The number of thiazole rings is 1. The smallest absolute Gasteiger partial charge is 0.189 e. The number of nitrogens with one attached hydrogen (secondary N) is 2. The number of nitrogens with zero attached hydrogens (tertiary/aromatic N) is 3. The van der Waals surface area contributed by atoms with E-state index in [9.17, 15) is 0 Å². The molecule has 0 radical (unpaired) electrons. The molecule has 96 valence electrons. The van der Waals surface area contributed by atoms with E-state index in [0.717, 1.165) is 32.8 Å². The van der Waals surface area contributed by atoms with Crippen LogP contribution in [0.15, 0.2) is 30.6 Å². The molecule has 0 saturated heterocycles. The average molecular weight is 271 g/mol. The van der Waals surface area contributed by atoms with Gasteiger partial charge in [-0.25, -0.2) is 9.97 Å². The largest absolute Gasteiger partial charge is 0.316 e. The summed E-state index contributed by atoms with van der Waals surface area (Å²) in [6, 6.07) is 5.87. The second kappa shape index (κ2) is 4.81. The molecule has 3 aromatic heterocycles. The van der Waals surface area contributed by atoms with Crippen molar-refractivity contribution in [3.8, 4) is 11.3 Å². The fourth-order valence-electron chi connectivity index (χ4n) is 1.82. The highest BCUT2D eigenvalue weighted by molar-refractivity contribution is 7.16. The van der Waals surface area contributed by atoms with Gasteiger partial charge in [0.05, 0.1) is 11.9 Å². The zero-order valence-electron chi connectivity index (χ0n) is 10.6. The van der Waals surface area contributed by atoms with Gasteiger partial charge in [-0.15, -0.1) is 11.3 Å². The molecule has 3 rings (SSSR count). The van der Waals surface area contributed by atoms with E-state index < -0.39 is 0 Å². The highest BCUT2D eigenvalue weighted by atomic mass is 32.1. The zero-order chi connectivity index (χ0) is 13.2. The molecule has 0 atom stereocenters. The number of aromatic amines is 1. The van der Waals surface area contributed by atoms with Gasteiger partial charge in [0, 0.05) is 22.3 Å². The van der Waals surface area contributed by atoms with Crippen molar-refractivity contribution in [1.82, 2.24) is 20.2 Å². The first kappa shape index (κ1) is 11.9. The normalized spacial score (nSPS) is 10.6. The van der Waals surface area contributed by atoms with E-state index >= 15 is 0 Å². The summed E-state index contributed by atoms with van der Waals surface area (Å²) in [6.07, 6.45) is 3.62. The number of rotatable bonds is 3. The third-order valence-electron chi connectivity index (χ3n) is 2.69. The second-order valence-corrected chi connectivity index (χ2v) is 5.40. The summed E-state index contributed by atoms with van der Waals surface area (Å²) >= 11 is 1.61. The standard InChI is InChI=1S/C13H13N5S/c1-8-4-3-5-11(16-8)17-13-18-12(9(2)19-13)10-6-14-15-7-10/h3-7H,1-2H3,(H,14,15)(H,16,17,18). The molecule has 2 N–H and O–H groups in total. The molecule has 0 bridgehead atoms. The Balaban J connectivity index is 1.89. The lowest BCUT2D eigenvalue weighted by atomic mass is 10.2. The predicted molar refractivity (Wildman–Crippen MR) is 76.7 cm³/mol. The third kappa shape index (κ3) is 2.48. The van der Waals surface area contributed by atoms with E-state index in [2.05, 4.69) is 32.4 Å². The molecule has 5 nitrogen and oxygen atoms in total. The summed E-state index contributed by atoms with van der Waals surface area (Å²) in [4.78, 5) is 10.1. The van der Waals surface area contributed by atoms with Crippen LogP contribution in [0, 0.1) is 13.8 Å². The van der Waals surface area contributed by atoms with Crippen molar-refractivity contribution in [2.75, 3.05) is 5.32 Å². The van der Waals surface area contributed by atoms with Gasteiger partial charge in [-0.05, 0) is 26.0 Å². The Morgan fingerprint density at radius 2 is 2.11 bits per heavy atom. The van der Waals surface area contributed by atoms with E-state index in [4.69, 9.17) is 0 Å². The van der Waals surface area contributed by atoms with E-state index in [1.54, 1.807) is 17.5 Å². The van der Waals surface area contributed by atoms with Crippen LogP contribution in [0.4, 0.5) is 10.9 Å². The lowest BCUT2D eigenvalue weighted by molar-refractivity contribution is 1.09. The van der Waals surface area contributed by atoms with Crippen LogP contribution in [-0.4, -0.2) is 20.2 Å². The molecule has 0 aliphatic heterocycles. The summed E-state index contributed by atoms with van der Waals surface area (Å²) < 4.78 is 0. The molecule has 19 heavy (non-hydrogen) atoms. The number of aryl methyl sites for hydroxylation is 2. The van der Waals surface area contributed by atoms with Gasteiger partial charge in [-0.1, -0.05) is 6.07 Å². The van der Waals surface area contributed by atoms with Crippen molar-refractivity contribution in [3.63, 3.8) is 0 Å². The van der Waals surface area contributed by atoms with Gasteiger partial charge in [-0.3, -0.25) is 5.10 Å². The van der Waals surface area contributed by atoms with Crippen LogP contribution >= 0.6 is 11.3 Å². The van der Waals surface area contributed by atoms with Crippen LogP contribution in [0.3, 0.4) is 0 Å². The Kier molecular flexibility index (Phi) is 3.00. The molecular formula is C13H13N5S. The Labute approximate surface area is 114 Å². The van der Waals surface area contributed by atoms with Gasteiger partial charge in [0.25, 0.3) is 0 Å². The molecule has 0 aliphatic carbocycles. The quantitative estimate of drug-likeness (QED) is 0.767. The summed E-state index contributed by atoms with van der Waals surface area (Å²) in [5, 5.41) is 10.8. The summed E-state index contributed by atoms with van der Waals surface area (Å²) in [6.45, 7) is 4.02. The van der Waals surface area contributed by atoms with Crippen LogP contribution in [0.25, 0.3) is 11.3 Å². The molecule has 3 aromatic rings. The van der Waals surface area contributed by atoms with E-state index in [0.29, 0.717) is 0 Å². The van der Waals surface area contributed by atoms with Crippen LogP contribution in [0.2, 0.25) is 0 Å². The lowest BCUT2D eigenvalue weighted by Crippen LogP contribution is -1.93. The lowest BCUT2D eigenvalue weighted by Gasteiger charge is -2.01. The van der Waals surface area contributed by atoms with Crippen molar-refractivity contribution in [2.24, 2.45) is 0 Å². The summed E-state index contributed by atoms with van der Waals surface area (Å²) in [7, 11) is 0. The van der Waals surface area contributed by atoms with E-state index in [1.165, 1.54) is 0 Å². The molecule has 0 unspecified atom stereocenters. The topological polar surface area (TPSA) is 66.5 Å². The molecule has 0 aliphatic rings. The SMILES string of the molecule is Cc1cccc(Nc2nc(-c3cn[nH]c3)c(C)s2)n1. The van der Waals surface area contributed by atoms with E-state index in [1.807, 2.05) is 31.3 Å². The van der Waals surface area contributed by atoms with Gasteiger partial charge in [0.2, 0.25) is 0 Å². The molecular weight excluding hydrogens is 258 g/mol. The maximum atomic E-state index is 4.58. The highest BCUT2D eigenvalue weighted by Crippen LogP contribution is 2.30. The van der Waals surface area contributed by atoms with Crippen molar-refractivity contribution in [3.05, 3.63) is 41.2 Å². The fraction of sp³-hybridized carbons (Fsp3) is 0.154. The van der Waals surface area contributed by atoms with Crippen molar-refractivity contribution >= 4 is 22.3 Å². The zero-order valence-corrected chi connectivity index (χ0v) is 11.5. The van der Waals surface area contributed by atoms with Gasteiger partial charge < -0.3 is 5.32 Å². The second-order valence-electron chi connectivity index (χ2n) is 4.20. The maximum Gasteiger partial charge on any atom is 0.189 e. The minimum absolute atomic E-state index is 0.812. The Hall–Kier alpha value is -2.21. The number of anilines is 2. The van der Waals surface area contributed by atoms with Crippen LogP contribution < -0.4 is 5.32 Å².